The maximum absolute atomic E-state index is 14.4. The summed E-state index contributed by atoms with van der Waals surface area (Å²) in [6, 6.07) is 12.1. The molecule has 2 aromatic carbocycles. The second kappa shape index (κ2) is 14.4. The van der Waals surface area contributed by atoms with Gasteiger partial charge in [0.25, 0.3) is 5.91 Å². The summed E-state index contributed by atoms with van der Waals surface area (Å²) in [6.07, 6.45) is -0.857. The molecule has 0 aliphatic carbocycles. The van der Waals surface area contributed by atoms with E-state index in [1.165, 1.54) is 4.90 Å². The molecule has 0 bridgehead atoms. The Kier molecular flexibility index (Phi) is 11.2. The Bertz CT molecular complexity index is 1460. The van der Waals surface area contributed by atoms with Gasteiger partial charge >= 0.3 is 18.1 Å². The van der Waals surface area contributed by atoms with E-state index in [0.717, 1.165) is 10.5 Å². The van der Waals surface area contributed by atoms with Gasteiger partial charge in [-0.2, -0.15) is 0 Å². The molecule has 1 heterocycles. The van der Waals surface area contributed by atoms with Crippen molar-refractivity contribution in [2.75, 3.05) is 13.2 Å². The molecule has 0 saturated carbocycles. The fourth-order valence-corrected chi connectivity index (χ4v) is 5.04. The highest BCUT2D eigenvalue weighted by Gasteiger charge is 2.58. The zero-order valence-electron chi connectivity index (χ0n) is 27.1. The van der Waals surface area contributed by atoms with Gasteiger partial charge in [-0.1, -0.05) is 89.2 Å². The Labute approximate surface area is 269 Å². The van der Waals surface area contributed by atoms with Gasteiger partial charge in [-0.3, -0.25) is 15.0 Å². The Hall–Kier alpha value is -4.94. The number of aliphatic carboxylic acids is 1. The summed E-state index contributed by atoms with van der Waals surface area (Å²) in [5.41, 5.74) is 5.42. The van der Waals surface area contributed by atoms with Crippen LogP contribution in [0.2, 0.25) is 0 Å². The highest BCUT2D eigenvalue weighted by molar-refractivity contribution is 6.10. The molecular weight excluding hydrogens is 592 g/mol. The number of benzene rings is 2. The van der Waals surface area contributed by atoms with Gasteiger partial charge in [0.05, 0.1) is 6.61 Å². The number of carbonyl (C=O) groups excluding carboxylic acids is 4. The van der Waals surface area contributed by atoms with Crippen molar-refractivity contribution in [2.24, 2.45) is 17.1 Å². The normalized spacial score (nSPS) is 17.9. The third-order valence-electron chi connectivity index (χ3n) is 7.57. The van der Waals surface area contributed by atoms with Gasteiger partial charge in [-0.15, -0.1) is 0 Å². The number of nitrogens with zero attached hydrogens (tertiary/aromatic N) is 2. The SMILES string of the molecule is CC(C)C[C@@H](C(=O)NC[C@H](NC(=O)OCC(C)(C)C)C(=O)O)N1C(=O)N(Cc2ccccc2)[C@@](C)(c2ccc(C(=N)N)cc2)C1=O. The Morgan fingerprint density at radius 2 is 1.65 bits per heavy atom. The van der Waals surface area contributed by atoms with Crippen LogP contribution in [0.1, 0.15) is 64.7 Å². The van der Waals surface area contributed by atoms with E-state index in [9.17, 15) is 29.1 Å². The van der Waals surface area contributed by atoms with E-state index in [-0.39, 0.29) is 36.7 Å². The van der Waals surface area contributed by atoms with Crippen LogP contribution in [-0.4, -0.2) is 75.9 Å². The molecule has 2 aromatic rings. The van der Waals surface area contributed by atoms with Crippen molar-refractivity contribution < 1.29 is 33.8 Å². The zero-order chi connectivity index (χ0) is 34.4. The van der Waals surface area contributed by atoms with Crippen molar-refractivity contribution in [2.45, 2.75) is 72.1 Å². The summed E-state index contributed by atoms with van der Waals surface area (Å²) in [5.74, 6) is -3.08. The van der Waals surface area contributed by atoms with Gasteiger partial charge in [0.1, 0.15) is 23.5 Å². The summed E-state index contributed by atoms with van der Waals surface area (Å²) < 4.78 is 5.10. The van der Waals surface area contributed by atoms with Crippen molar-refractivity contribution in [3.05, 3.63) is 71.3 Å². The molecule has 0 spiro atoms. The van der Waals surface area contributed by atoms with Gasteiger partial charge < -0.3 is 31.1 Å². The molecule has 46 heavy (non-hydrogen) atoms. The number of nitrogens with one attached hydrogen (secondary N) is 3. The first-order valence-electron chi connectivity index (χ1n) is 15.0. The second-order valence-corrected chi connectivity index (χ2v) is 13.2. The van der Waals surface area contributed by atoms with Crippen LogP contribution in [0.15, 0.2) is 54.6 Å². The molecule has 1 aliphatic heterocycles. The van der Waals surface area contributed by atoms with E-state index >= 15 is 0 Å². The van der Waals surface area contributed by atoms with Crippen molar-refractivity contribution >= 4 is 35.7 Å². The number of amidine groups is 1. The van der Waals surface area contributed by atoms with Crippen LogP contribution in [-0.2, 0) is 31.2 Å². The monoisotopic (exact) mass is 636 g/mol. The topological polar surface area (TPSA) is 195 Å². The van der Waals surface area contributed by atoms with E-state index in [4.69, 9.17) is 15.9 Å². The van der Waals surface area contributed by atoms with Crippen molar-refractivity contribution in [3.8, 4) is 0 Å². The lowest BCUT2D eigenvalue weighted by Crippen LogP contribution is -2.55. The minimum absolute atomic E-state index is 0.0445. The van der Waals surface area contributed by atoms with Crippen molar-refractivity contribution in [3.63, 3.8) is 0 Å². The predicted octanol–water partition coefficient (Wildman–Crippen LogP) is 3.41. The fraction of sp³-hybridized carbons (Fsp3) is 0.455. The molecule has 1 fully saturated rings. The number of carbonyl (C=O) groups is 5. The first kappa shape index (κ1) is 35.5. The van der Waals surface area contributed by atoms with E-state index in [0.29, 0.717) is 11.1 Å². The molecule has 1 aliphatic rings. The van der Waals surface area contributed by atoms with Crippen LogP contribution >= 0.6 is 0 Å². The van der Waals surface area contributed by atoms with E-state index in [1.807, 2.05) is 65.0 Å². The molecule has 1 saturated heterocycles. The smallest absolute Gasteiger partial charge is 0.407 e. The maximum atomic E-state index is 14.4. The van der Waals surface area contributed by atoms with Crippen LogP contribution < -0.4 is 16.4 Å². The summed E-state index contributed by atoms with van der Waals surface area (Å²) >= 11 is 0. The number of rotatable bonds is 13. The average molecular weight is 637 g/mol. The molecule has 6 N–H and O–H groups in total. The molecule has 3 atom stereocenters. The van der Waals surface area contributed by atoms with E-state index in [2.05, 4.69) is 10.6 Å². The van der Waals surface area contributed by atoms with Crippen LogP contribution in [0.3, 0.4) is 0 Å². The number of carboxylic acids is 1. The van der Waals surface area contributed by atoms with Crippen LogP contribution in [0.5, 0.6) is 0 Å². The number of amides is 5. The number of hydrogen-bond acceptors (Lipinski definition) is 7. The van der Waals surface area contributed by atoms with Gasteiger partial charge in [0.15, 0.2) is 0 Å². The van der Waals surface area contributed by atoms with Crippen LogP contribution in [0.4, 0.5) is 9.59 Å². The lowest BCUT2D eigenvalue weighted by Gasteiger charge is -2.32. The molecule has 5 amide bonds. The quantitative estimate of drug-likeness (QED) is 0.125. The number of nitrogen functional groups attached to an aromatic ring is 1. The molecule has 0 unspecified atom stereocenters. The number of nitrogens with two attached hydrogens (primary N) is 1. The van der Waals surface area contributed by atoms with Crippen LogP contribution in [0, 0.1) is 16.7 Å². The number of carboxylic acid groups (broad SMARTS) is 1. The fourth-order valence-electron chi connectivity index (χ4n) is 5.04. The second-order valence-electron chi connectivity index (χ2n) is 13.2. The highest BCUT2D eigenvalue weighted by atomic mass is 16.5. The van der Waals surface area contributed by atoms with Crippen LogP contribution in [0.25, 0.3) is 0 Å². The molecule has 13 nitrogen and oxygen atoms in total. The number of imide groups is 1. The molecule has 0 aromatic heterocycles. The van der Waals surface area contributed by atoms with Gasteiger partial charge in [0, 0.05) is 18.7 Å². The average Bonchev–Trinajstić information content (AvgIpc) is 3.17. The van der Waals surface area contributed by atoms with Gasteiger partial charge in [0.2, 0.25) is 5.91 Å². The first-order chi connectivity index (χ1) is 21.5. The summed E-state index contributed by atoms with van der Waals surface area (Å²) in [5, 5.41) is 22.2. The number of urea groups is 1. The molecule has 248 valence electrons. The predicted molar refractivity (Wildman–Crippen MR) is 171 cm³/mol. The number of hydrogen-bond donors (Lipinski definition) is 5. The molecule has 13 heteroatoms. The third kappa shape index (κ3) is 8.40. The highest BCUT2D eigenvalue weighted by Crippen LogP contribution is 2.40. The summed E-state index contributed by atoms with van der Waals surface area (Å²) in [4.78, 5) is 68.8. The summed E-state index contributed by atoms with van der Waals surface area (Å²) in [6.45, 7) is 10.4. The summed E-state index contributed by atoms with van der Waals surface area (Å²) in [7, 11) is 0. The van der Waals surface area contributed by atoms with Gasteiger partial charge in [-0.05, 0) is 35.8 Å². The maximum Gasteiger partial charge on any atom is 0.407 e. The van der Waals surface area contributed by atoms with E-state index in [1.54, 1.807) is 31.2 Å². The largest absolute Gasteiger partial charge is 0.480 e. The molecular formula is C33H44N6O7. The number of ether oxygens (including phenoxy) is 1. The van der Waals surface area contributed by atoms with E-state index < -0.39 is 54.1 Å². The third-order valence-corrected chi connectivity index (χ3v) is 7.57. The Balaban J connectivity index is 1.94. The minimum atomic E-state index is -1.53. The minimum Gasteiger partial charge on any atom is -0.480 e. The molecule has 0 radical (unpaired) electrons. The Morgan fingerprint density at radius 3 is 2.17 bits per heavy atom. The Morgan fingerprint density at radius 1 is 1.04 bits per heavy atom. The first-order valence-corrected chi connectivity index (χ1v) is 15.0. The van der Waals surface area contributed by atoms with Crippen molar-refractivity contribution in [1.82, 2.24) is 20.4 Å². The van der Waals surface area contributed by atoms with Crippen molar-refractivity contribution in [1.29, 1.82) is 5.41 Å². The zero-order valence-corrected chi connectivity index (χ0v) is 27.1. The lowest BCUT2D eigenvalue weighted by atomic mass is 9.88. The number of alkyl carbamates (subject to hydrolysis) is 1. The van der Waals surface area contributed by atoms with Gasteiger partial charge in [-0.25, -0.2) is 19.3 Å². The standard InChI is InChI=1S/C33H44N6O7/c1-20(2)16-25(27(40)36-17-24(28(41)42)37-30(44)46-19-32(3,4)5)39-29(43)33(6,23-14-12-22(13-15-23)26(34)35)38(31(39)45)18-21-10-8-7-9-11-21/h7-15,20,24-25H,16-19H2,1-6H3,(H3,34,35)(H,36,40)(H,37,44)(H,41,42)/t24-,25-,33-/m0/s1. The molecule has 3 rings (SSSR count). The lowest BCUT2D eigenvalue weighted by molar-refractivity contribution is -0.141.